The highest BCUT2D eigenvalue weighted by atomic mass is 19.3. The van der Waals surface area contributed by atoms with Crippen molar-refractivity contribution in [3.8, 4) is 0 Å². The first kappa shape index (κ1) is 16.6. The van der Waals surface area contributed by atoms with Crippen LogP contribution in [0.3, 0.4) is 0 Å². The van der Waals surface area contributed by atoms with Crippen molar-refractivity contribution in [3.05, 3.63) is 0 Å². The Hall–Kier alpha value is -0.440. The molecule has 0 bridgehead atoms. The first-order chi connectivity index (χ1) is 8.85. The minimum Gasteiger partial charge on any atom is -0.389 e. The zero-order valence-corrected chi connectivity index (χ0v) is 10.9. The molecule has 1 rings (SSSR count). The molecule has 1 saturated heterocycles. The normalized spacial score (nSPS) is 21.0. The van der Waals surface area contributed by atoms with Gasteiger partial charge in [-0.3, -0.25) is 9.80 Å². The summed E-state index contributed by atoms with van der Waals surface area (Å²) >= 11 is 0. The van der Waals surface area contributed by atoms with Gasteiger partial charge in [0.1, 0.15) is 0 Å². The molecule has 1 aliphatic rings. The molecule has 1 unspecified atom stereocenters. The Kier molecular flexibility index (Phi) is 6.45. The predicted octanol–water partition coefficient (Wildman–Crippen LogP) is 0.512. The molecule has 0 amide bonds. The molecule has 1 fully saturated rings. The molecule has 1 atom stereocenters. The number of β-amino-alcohol motifs (C(OH)–C–C–N with tert-alkyl or cyclic N) is 1. The summed E-state index contributed by atoms with van der Waals surface area (Å²) in [4.78, 5) is 3.23. The van der Waals surface area contributed by atoms with Crippen LogP contribution in [-0.2, 0) is 4.74 Å². The number of aliphatic hydroxyl groups excluding tert-OH is 1. The summed E-state index contributed by atoms with van der Waals surface area (Å²) < 4.78 is 54.7. The van der Waals surface area contributed by atoms with E-state index in [-0.39, 0.29) is 6.61 Å². The fourth-order valence-corrected chi connectivity index (χ4v) is 2.04. The summed E-state index contributed by atoms with van der Waals surface area (Å²) in [7, 11) is 1.48. The van der Waals surface area contributed by atoms with Crippen LogP contribution in [0.5, 0.6) is 0 Å². The zero-order valence-electron chi connectivity index (χ0n) is 10.9. The van der Waals surface area contributed by atoms with E-state index in [1.807, 2.05) is 4.90 Å². The number of nitrogens with zero attached hydrogens (tertiary/aromatic N) is 2. The molecule has 1 N–H and O–H groups in total. The summed E-state index contributed by atoms with van der Waals surface area (Å²) in [6.45, 7) is 1.22. The largest absolute Gasteiger partial charge is 0.389 e. The fraction of sp³-hybridized carbons (Fsp3) is 1.00. The first-order valence-electron chi connectivity index (χ1n) is 6.13. The van der Waals surface area contributed by atoms with E-state index in [1.165, 1.54) is 12.0 Å². The smallest absolute Gasteiger partial charge is 0.319 e. The van der Waals surface area contributed by atoms with Crippen molar-refractivity contribution < 1.29 is 27.4 Å². The molecule has 1 heterocycles. The monoisotopic (exact) mass is 288 g/mol. The van der Waals surface area contributed by atoms with Crippen molar-refractivity contribution in [2.45, 2.75) is 18.5 Å². The molecule has 0 saturated carbocycles. The lowest BCUT2D eigenvalue weighted by atomic mass is 10.2. The molecule has 0 aromatic rings. The number of rotatable bonds is 7. The van der Waals surface area contributed by atoms with Gasteiger partial charge >= 0.3 is 12.3 Å². The van der Waals surface area contributed by atoms with Crippen LogP contribution in [0.1, 0.15) is 0 Å². The molecule has 8 heteroatoms. The second-order valence-corrected chi connectivity index (χ2v) is 4.75. The summed E-state index contributed by atoms with van der Waals surface area (Å²) in [6.07, 6.45) is -4.26. The van der Waals surface area contributed by atoms with E-state index in [1.54, 1.807) is 0 Å². The van der Waals surface area contributed by atoms with Crippen LogP contribution >= 0.6 is 0 Å². The summed E-state index contributed by atoms with van der Waals surface area (Å²) in [5.41, 5.74) is 0. The molecule has 0 radical (unpaired) electrons. The van der Waals surface area contributed by atoms with E-state index in [0.29, 0.717) is 32.7 Å². The standard InChI is InChI=1S/C11H20F4N2O2/c1-19-7-9(18)6-16-2-4-17(5-3-16)8-11(14,15)10(12)13/h9-10,18H,2-8H2,1H3. The van der Waals surface area contributed by atoms with Crippen LogP contribution < -0.4 is 0 Å². The minimum absolute atomic E-state index is 0.212. The van der Waals surface area contributed by atoms with Crippen LogP contribution in [-0.4, -0.2) is 86.3 Å². The van der Waals surface area contributed by atoms with Gasteiger partial charge in [-0.05, 0) is 0 Å². The molecule has 4 nitrogen and oxygen atoms in total. The fourth-order valence-electron chi connectivity index (χ4n) is 2.04. The Morgan fingerprint density at radius 1 is 1.16 bits per heavy atom. The van der Waals surface area contributed by atoms with Crippen molar-refractivity contribution in [1.82, 2.24) is 9.80 Å². The van der Waals surface area contributed by atoms with E-state index < -0.39 is 25.0 Å². The third-order valence-electron chi connectivity index (χ3n) is 3.05. The van der Waals surface area contributed by atoms with Gasteiger partial charge in [0.2, 0.25) is 0 Å². The molecule has 0 aliphatic carbocycles. The molecule has 1 aliphatic heterocycles. The first-order valence-corrected chi connectivity index (χ1v) is 6.13. The van der Waals surface area contributed by atoms with E-state index >= 15 is 0 Å². The molecule has 0 spiro atoms. The van der Waals surface area contributed by atoms with E-state index in [0.717, 1.165) is 0 Å². The Morgan fingerprint density at radius 2 is 1.68 bits per heavy atom. The number of aliphatic hydroxyl groups is 1. The van der Waals surface area contributed by atoms with Crippen LogP contribution in [0.15, 0.2) is 0 Å². The SMILES string of the molecule is COCC(O)CN1CCN(CC(F)(F)C(F)F)CC1. The molecule has 0 aromatic carbocycles. The number of hydrogen-bond acceptors (Lipinski definition) is 4. The average Bonchev–Trinajstić information content (AvgIpc) is 2.31. The van der Waals surface area contributed by atoms with Gasteiger partial charge in [0.25, 0.3) is 0 Å². The number of alkyl halides is 4. The zero-order chi connectivity index (χ0) is 14.5. The highest BCUT2D eigenvalue weighted by Crippen LogP contribution is 2.24. The number of piperazine rings is 1. The van der Waals surface area contributed by atoms with E-state index in [9.17, 15) is 22.7 Å². The molecular formula is C11H20F4N2O2. The molecule has 0 aromatic heterocycles. The summed E-state index contributed by atoms with van der Waals surface area (Å²) in [5, 5.41) is 9.53. The Labute approximate surface area is 109 Å². The van der Waals surface area contributed by atoms with E-state index in [2.05, 4.69) is 0 Å². The van der Waals surface area contributed by atoms with Crippen molar-refractivity contribution in [1.29, 1.82) is 0 Å². The third kappa shape index (κ3) is 5.60. The highest BCUT2D eigenvalue weighted by molar-refractivity contribution is 4.80. The maximum Gasteiger partial charge on any atom is 0.319 e. The van der Waals surface area contributed by atoms with Crippen molar-refractivity contribution in [2.24, 2.45) is 0 Å². The second-order valence-electron chi connectivity index (χ2n) is 4.75. The maximum absolute atomic E-state index is 12.9. The third-order valence-corrected chi connectivity index (χ3v) is 3.05. The average molecular weight is 288 g/mol. The van der Waals surface area contributed by atoms with Crippen molar-refractivity contribution in [2.75, 3.05) is 53.0 Å². The number of methoxy groups -OCH3 is 1. The highest BCUT2D eigenvalue weighted by Gasteiger charge is 2.42. The molecule has 114 valence electrons. The van der Waals surface area contributed by atoms with E-state index in [4.69, 9.17) is 4.74 Å². The van der Waals surface area contributed by atoms with Crippen LogP contribution in [0.2, 0.25) is 0 Å². The Bertz CT molecular complexity index is 261. The minimum atomic E-state index is -3.96. The summed E-state index contributed by atoms with van der Waals surface area (Å²) in [5.74, 6) is -3.96. The van der Waals surface area contributed by atoms with Gasteiger partial charge < -0.3 is 9.84 Å². The Balaban J connectivity index is 2.29. The number of ether oxygens (including phenoxy) is 1. The van der Waals surface area contributed by atoms with Gasteiger partial charge in [0.15, 0.2) is 0 Å². The van der Waals surface area contributed by atoms with Gasteiger partial charge in [0.05, 0.1) is 19.3 Å². The summed E-state index contributed by atoms with van der Waals surface area (Å²) in [6, 6.07) is 0. The molecule has 19 heavy (non-hydrogen) atoms. The topological polar surface area (TPSA) is 35.9 Å². The van der Waals surface area contributed by atoms with Gasteiger partial charge in [-0.25, -0.2) is 8.78 Å². The Morgan fingerprint density at radius 3 is 2.16 bits per heavy atom. The van der Waals surface area contributed by atoms with Crippen LogP contribution in [0.4, 0.5) is 17.6 Å². The second kappa shape index (κ2) is 7.37. The molecular weight excluding hydrogens is 268 g/mol. The lowest BCUT2D eigenvalue weighted by Crippen LogP contribution is -2.52. The predicted molar refractivity (Wildman–Crippen MR) is 61.7 cm³/mol. The van der Waals surface area contributed by atoms with Crippen molar-refractivity contribution in [3.63, 3.8) is 0 Å². The van der Waals surface area contributed by atoms with Crippen LogP contribution in [0, 0.1) is 0 Å². The van der Waals surface area contributed by atoms with Gasteiger partial charge in [0, 0.05) is 39.8 Å². The maximum atomic E-state index is 12.9. The lowest BCUT2D eigenvalue weighted by molar-refractivity contribution is -0.145. The van der Waals surface area contributed by atoms with Gasteiger partial charge in [-0.1, -0.05) is 0 Å². The number of hydrogen-bond donors (Lipinski definition) is 1. The van der Waals surface area contributed by atoms with Gasteiger partial charge in [-0.2, -0.15) is 8.78 Å². The van der Waals surface area contributed by atoms with Gasteiger partial charge in [-0.15, -0.1) is 0 Å². The lowest BCUT2D eigenvalue weighted by Gasteiger charge is -2.36. The van der Waals surface area contributed by atoms with Crippen molar-refractivity contribution >= 4 is 0 Å². The quantitative estimate of drug-likeness (QED) is 0.693. The van der Waals surface area contributed by atoms with Crippen LogP contribution in [0.25, 0.3) is 0 Å². The number of halogens is 4.